The highest BCUT2D eigenvalue weighted by Gasteiger charge is 2.41. The molecule has 0 spiro atoms. The molecular formula is C37H42Cl2N9O7+. The number of urea groups is 1. The lowest BCUT2D eigenvalue weighted by Crippen LogP contribution is -2.55. The van der Waals surface area contributed by atoms with Gasteiger partial charge in [0.1, 0.15) is 45.9 Å². The monoisotopic (exact) mass is 794 g/mol. The molecule has 2 aromatic carbocycles. The van der Waals surface area contributed by atoms with Gasteiger partial charge in [-0.15, -0.1) is 0 Å². The number of nitrogens with one attached hydrogen (secondary N) is 1. The predicted octanol–water partition coefficient (Wildman–Crippen LogP) is 6.09. The molecule has 16 nitrogen and oxygen atoms in total. The van der Waals surface area contributed by atoms with Gasteiger partial charge in [0.2, 0.25) is 11.9 Å². The van der Waals surface area contributed by atoms with E-state index in [1.54, 1.807) is 47.5 Å². The number of quaternary nitrogens is 1. The van der Waals surface area contributed by atoms with Gasteiger partial charge in [-0.05, 0) is 48.1 Å². The van der Waals surface area contributed by atoms with Crippen LogP contribution in [0.1, 0.15) is 24.8 Å². The van der Waals surface area contributed by atoms with Crippen LogP contribution in [0, 0.1) is 10.1 Å². The molecule has 6 rings (SSSR count). The number of amides is 3. The maximum atomic E-state index is 14.7. The van der Waals surface area contributed by atoms with Crippen molar-refractivity contribution in [3.05, 3.63) is 85.8 Å². The number of hydrogen-bond acceptors (Lipinski definition) is 11. The Balaban J connectivity index is 1.22. The lowest BCUT2D eigenvalue weighted by molar-refractivity contribution is -0.880. The van der Waals surface area contributed by atoms with Crippen molar-refractivity contribution in [2.75, 3.05) is 76.7 Å². The van der Waals surface area contributed by atoms with E-state index in [0.29, 0.717) is 78.6 Å². The first kappa shape index (κ1) is 39.2. The van der Waals surface area contributed by atoms with E-state index in [1.165, 1.54) is 19.1 Å². The minimum Gasteiger partial charge on any atom is -0.497 e. The molecular weight excluding hydrogens is 753 g/mol. The van der Waals surface area contributed by atoms with Crippen molar-refractivity contribution in [3.8, 4) is 17.2 Å². The van der Waals surface area contributed by atoms with Crippen molar-refractivity contribution < 1.29 is 33.2 Å². The number of piperidine rings is 1. The first-order valence-corrected chi connectivity index (χ1v) is 18.2. The van der Waals surface area contributed by atoms with Crippen LogP contribution in [-0.4, -0.2) is 110 Å². The van der Waals surface area contributed by atoms with Gasteiger partial charge in [0.05, 0.1) is 59.8 Å². The van der Waals surface area contributed by atoms with Gasteiger partial charge in [0.15, 0.2) is 0 Å². The summed E-state index contributed by atoms with van der Waals surface area (Å²) < 4.78 is 16.7. The molecule has 18 heteroatoms. The molecule has 3 aromatic rings. The first-order valence-electron chi connectivity index (χ1n) is 17.5. The van der Waals surface area contributed by atoms with Crippen LogP contribution in [0.25, 0.3) is 0 Å². The van der Waals surface area contributed by atoms with Gasteiger partial charge in [-0.2, -0.15) is 4.98 Å². The molecule has 3 aliphatic heterocycles. The smallest absolute Gasteiger partial charge is 0.368 e. The zero-order valence-electron chi connectivity index (χ0n) is 31.1. The lowest BCUT2D eigenvalue weighted by Gasteiger charge is -2.43. The van der Waals surface area contributed by atoms with E-state index in [0.717, 1.165) is 5.69 Å². The maximum Gasteiger partial charge on any atom is 0.368 e. The molecule has 55 heavy (non-hydrogen) atoms. The van der Waals surface area contributed by atoms with Gasteiger partial charge in [0, 0.05) is 55.1 Å². The van der Waals surface area contributed by atoms with E-state index < -0.39 is 11.0 Å². The number of nitro groups is 1. The number of fused-ring (bicyclic) bond motifs is 1. The Labute approximate surface area is 328 Å². The molecule has 3 amide bonds. The highest BCUT2D eigenvalue weighted by molar-refractivity contribution is 6.42. The number of aliphatic imine (C=N–C) groups is 1. The number of hydrogen-bond donors (Lipinski definition) is 1. The summed E-state index contributed by atoms with van der Waals surface area (Å²) in [5, 5.41) is 14.8. The Bertz CT molecular complexity index is 2040. The van der Waals surface area contributed by atoms with Crippen LogP contribution >= 0.6 is 23.2 Å². The number of carbonyl (C=O) groups is 2. The van der Waals surface area contributed by atoms with Gasteiger partial charge in [-0.3, -0.25) is 14.6 Å². The second-order valence-electron chi connectivity index (χ2n) is 13.8. The second-order valence-corrected chi connectivity index (χ2v) is 14.6. The molecule has 4 heterocycles. The van der Waals surface area contributed by atoms with Crippen LogP contribution < -0.4 is 29.3 Å². The van der Waals surface area contributed by atoms with Crippen LogP contribution in [0.4, 0.5) is 27.9 Å². The van der Waals surface area contributed by atoms with Crippen molar-refractivity contribution in [3.63, 3.8) is 0 Å². The zero-order chi connectivity index (χ0) is 39.4. The molecule has 0 aliphatic carbocycles. The second kappa shape index (κ2) is 16.5. The number of halogens is 2. The highest BCUT2D eigenvalue weighted by atomic mass is 35.5. The Morgan fingerprint density at radius 2 is 1.75 bits per heavy atom. The molecule has 0 unspecified atom stereocenters. The standard InChI is InChI=1S/C37H42Cl2N9O7/c1-48(2,22-23-12-15-40-34(23)47(51)52)18-6-7-30(49)44-16-13-26(14-17-44)46-35-24(20-41-36(43-35)42-25-8-10-27(53-3)11-9-25)21-45(37(46)50)33-31(38)28(54-4)19-29(55-5)32(33)39/h6-11,15,19-20,26H,12-14,16-18,21-22H2,1-5H3,(H,41,42,43)/q+1/b7-6+. The molecule has 0 atom stereocenters. The number of anilines is 4. The van der Waals surface area contributed by atoms with Crippen molar-refractivity contribution >= 4 is 64.5 Å². The number of benzene rings is 2. The van der Waals surface area contributed by atoms with E-state index in [4.69, 9.17) is 42.4 Å². The topological polar surface area (TPSA) is 165 Å². The molecule has 1 aromatic heterocycles. The van der Waals surface area contributed by atoms with Crippen molar-refractivity contribution in [1.29, 1.82) is 0 Å². The Morgan fingerprint density at radius 3 is 2.36 bits per heavy atom. The average molecular weight is 796 g/mol. The van der Waals surface area contributed by atoms with Gasteiger partial charge < -0.3 is 39.0 Å². The molecule has 0 bridgehead atoms. The number of nitrogens with zero attached hydrogens (tertiary/aromatic N) is 8. The van der Waals surface area contributed by atoms with E-state index in [2.05, 4.69) is 15.3 Å². The van der Waals surface area contributed by atoms with Gasteiger partial charge >= 0.3 is 11.9 Å². The van der Waals surface area contributed by atoms with E-state index >= 15 is 0 Å². The van der Waals surface area contributed by atoms with Crippen molar-refractivity contribution in [1.82, 2.24) is 14.9 Å². The Kier molecular flexibility index (Phi) is 11.8. The van der Waals surface area contributed by atoms with Crippen LogP contribution in [0.2, 0.25) is 10.0 Å². The van der Waals surface area contributed by atoms with Gasteiger partial charge in [-0.25, -0.2) is 9.78 Å². The van der Waals surface area contributed by atoms with Crippen LogP contribution in [-0.2, 0) is 11.3 Å². The zero-order valence-corrected chi connectivity index (χ0v) is 32.6. The summed E-state index contributed by atoms with van der Waals surface area (Å²) in [5.74, 6) is 1.73. The number of likely N-dealkylation sites (N-methyl/N-ethyl adjacent to an activating group) is 1. The van der Waals surface area contributed by atoms with Gasteiger partial charge in [-0.1, -0.05) is 28.2 Å². The van der Waals surface area contributed by atoms with Crippen LogP contribution in [0.15, 0.2) is 65.1 Å². The van der Waals surface area contributed by atoms with Crippen molar-refractivity contribution in [2.45, 2.75) is 31.8 Å². The van der Waals surface area contributed by atoms with Gasteiger partial charge in [0.25, 0.3) is 0 Å². The Hall–Kier alpha value is -5.45. The molecule has 1 fully saturated rings. The van der Waals surface area contributed by atoms with Crippen LogP contribution in [0.5, 0.6) is 17.2 Å². The third-order valence-electron chi connectivity index (χ3n) is 9.66. The quantitative estimate of drug-likeness (QED) is 0.0927. The lowest BCUT2D eigenvalue weighted by atomic mass is 10.0. The first-order chi connectivity index (χ1) is 26.3. The third-order valence-corrected chi connectivity index (χ3v) is 10.4. The number of carbonyl (C=O) groups excluding carboxylic acids is 2. The van der Waals surface area contributed by atoms with Crippen LogP contribution in [0.3, 0.4) is 0 Å². The molecule has 3 aliphatic rings. The molecule has 1 saturated heterocycles. The van der Waals surface area contributed by atoms with E-state index in [9.17, 15) is 19.7 Å². The summed E-state index contributed by atoms with van der Waals surface area (Å²) in [6.45, 7) is 1.76. The normalized spacial score (nSPS) is 16.2. The maximum absolute atomic E-state index is 14.7. The summed E-state index contributed by atoms with van der Waals surface area (Å²) in [4.78, 5) is 57.1. The predicted molar refractivity (Wildman–Crippen MR) is 210 cm³/mol. The minimum atomic E-state index is -0.457. The summed E-state index contributed by atoms with van der Waals surface area (Å²) in [5.41, 5.74) is 2.27. The fourth-order valence-corrected chi connectivity index (χ4v) is 7.56. The average Bonchev–Trinajstić information content (AvgIpc) is 3.63. The SMILES string of the molecule is COc1ccc(Nc2ncc3c(n2)N(C2CCN(C(=O)/C=C/C[N+](C)(C)CC4=C([N+](=O)[O-])N=CC4)CC2)C(=O)N(c2c(Cl)c(OC)cc(OC)c2Cl)C3)cc1. The summed E-state index contributed by atoms with van der Waals surface area (Å²) >= 11 is 13.6. The molecule has 0 radical (unpaired) electrons. The number of rotatable bonds is 13. The van der Waals surface area contributed by atoms with E-state index in [-0.39, 0.29) is 51.5 Å². The minimum absolute atomic E-state index is 0.0673. The number of ether oxygens (including phenoxy) is 3. The molecule has 1 N–H and O–H groups in total. The Morgan fingerprint density at radius 1 is 1.07 bits per heavy atom. The van der Waals surface area contributed by atoms with Crippen molar-refractivity contribution in [2.24, 2.45) is 4.99 Å². The fourth-order valence-electron chi connectivity index (χ4n) is 6.86. The number of aromatic nitrogens is 2. The molecule has 0 saturated carbocycles. The van der Waals surface area contributed by atoms with E-state index in [1.807, 2.05) is 38.4 Å². The fraction of sp³-hybridized carbons (Fsp3) is 0.378. The highest BCUT2D eigenvalue weighted by Crippen LogP contribution is 2.48. The summed E-state index contributed by atoms with van der Waals surface area (Å²) in [6.07, 6.45) is 7.92. The summed E-state index contributed by atoms with van der Waals surface area (Å²) in [6, 6.07) is 8.10. The number of methoxy groups -OCH3 is 3. The molecule has 290 valence electrons. The largest absolute Gasteiger partial charge is 0.497 e. The third kappa shape index (κ3) is 8.45. The number of likely N-dealkylation sites (tertiary alicyclic amines) is 1. The summed E-state index contributed by atoms with van der Waals surface area (Å²) in [7, 11) is 8.41.